The summed E-state index contributed by atoms with van der Waals surface area (Å²) in [5, 5.41) is 5.10. The minimum atomic E-state index is 0.662. The second-order valence-electron chi connectivity index (χ2n) is 4.33. The maximum absolute atomic E-state index is 6.04. The third kappa shape index (κ3) is 2.39. The van der Waals surface area contributed by atoms with Gasteiger partial charge in [-0.05, 0) is 24.3 Å². The van der Waals surface area contributed by atoms with Gasteiger partial charge in [0.1, 0.15) is 5.82 Å². The SMILES string of the molecule is Cn1ccnc1CNc1ccnc2ccc(Cl)cc12. The van der Waals surface area contributed by atoms with E-state index < -0.39 is 0 Å². The van der Waals surface area contributed by atoms with Gasteiger partial charge in [-0.3, -0.25) is 4.98 Å². The van der Waals surface area contributed by atoms with Crippen molar-refractivity contribution in [3.63, 3.8) is 0 Å². The van der Waals surface area contributed by atoms with Crippen molar-refractivity contribution in [3.8, 4) is 0 Å². The van der Waals surface area contributed by atoms with Crippen LogP contribution < -0.4 is 5.32 Å². The molecule has 0 aliphatic carbocycles. The highest BCUT2D eigenvalue weighted by Crippen LogP contribution is 2.25. The molecule has 0 saturated heterocycles. The molecule has 0 fully saturated rings. The van der Waals surface area contributed by atoms with Crippen LogP contribution in [0, 0.1) is 0 Å². The number of hydrogen-bond donors (Lipinski definition) is 1. The fourth-order valence-corrected chi connectivity index (χ4v) is 2.19. The van der Waals surface area contributed by atoms with Gasteiger partial charge in [0.15, 0.2) is 0 Å². The van der Waals surface area contributed by atoms with Gasteiger partial charge in [-0.15, -0.1) is 0 Å². The zero-order chi connectivity index (χ0) is 13.2. The number of nitrogens with one attached hydrogen (secondary N) is 1. The van der Waals surface area contributed by atoms with Crippen molar-refractivity contribution in [2.24, 2.45) is 7.05 Å². The Kier molecular flexibility index (Phi) is 3.09. The van der Waals surface area contributed by atoms with E-state index in [1.54, 1.807) is 12.4 Å². The third-order valence-corrected chi connectivity index (χ3v) is 3.30. The Morgan fingerprint density at radius 2 is 2.11 bits per heavy atom. The first kappa shape index (κ1) is 12.0. The van der Waals surface area contributed by atoms with Crippen LogP contribution in [0.2, 0.25) is 5.02 Å². The number of pyridine rings is 1. The quantitative estimate of drug-likeness (QED) is 0.796. The first-order valence-electron chi connectivity index (χ1n) is 5.98. The minimum absolute atomic E-state index is 0.662. The van der Waals surface area contributed by atoms with Gasteiger partial charge in [-0.1, -0.05) is 11.6 Å². The molecular formula is C14H13ClN4. The predicted molar refractivity (Wildman–Crippen MR) is 77.3 cm³/mol. The van der Waals surface area contributed by atoms with Crippen molar-refractivity contribution >= 4 is 28.2 Å². The van der Waals surface area contributed by atoms with Gasteiger partial charge in [0.05, 0.1) is 12.1 Å². The maximum atomic E-state index is 6.04. The van der Waals surface area contributed by atoms with E-state index in [9.17, 15) is 0 Å². The third-order valence-electron chi connectivity index (χ3n) is 3.06. The van der Waals surface area contributed by atoms with Crippen molar-refractivity contribution in [2.75, 3.05) is 5.32 Å². The summed E-state index contributed by atoms with van der Waals surface area (Å²) < 4.78 is 1.99. The van der Waals surface area contributed by atoms with E-state index in [1.807, 2.05) is 42.1 Å². The Labute approximate surface area is 116 Å². The Bertz CT molecular complexity index is 720. The number of aryl methyl sites for hydroxylation is 1. The molecule has 19 heavy (non-hydrogen) atoms. The topological polar surface area (TPSA) is 42.7 Å². The van der Waals surface area contributed by atoms with Crippen molar-refractivity contribution in [3.05, 3.63) is 53.7 Å². The van der Waals surface area contributed by atoms with Gasteiger partial charge < -0.3 is 9.88 Å². The fraction of sp³-hybridized carbons (Fsp3) is 0.143. The molecule has 0 spiro atoms. The number of benzene rings is 1. The predicted octanol–water partition coefficient (Wildman–Crippen LogP) is 3.23. The lowest BCUT2D eigenvalue weighted by Crippen LogP contribution is -2.06. The van der Waals surface area contributed by atoms with E-state index in [0.717, 1.165) is 22.4 Å². The number of halogens is 1. The summed E-state index contributed by atoms with van der Waals surface area (Å²) in [5.74, 6) is 0.979. The molecule has 0 radical (unpaired) electrons. The first-order valence-corrected chi connectivity index (χ1v) is 6.36. The average molecular weight is 273 g/mol. The molecule has 0 aliphatic rings. The molecule has 2 heterocycles. The minimum Gasteiger partial charge on any atom is -0.377 e. The summed E-state index contributed by atoms with van der Waals surface area (Å²) >= 11 is 6.04. The van der Waals surface area contributed by atoms with Gasteiger partial charge in [0.25, 0.3) is 0 Å². The number of imidazole rings is 1. The molecule has 3 aromatic rings. The van der Waals surface area contributed by atoms with Crippen LogP contribution in [-0.4, -0.2) is 14.5 Å². The van der Waals surface area contributed by atoms with Crippen LogP contribution in [0.15, 0.2) is 42.9 Å². The highest BCUT2D eigenvalue weighted by atomic mass is 35.5. The van der Waals surface area contributed by atoms with Crippen LogP contribution in [0.3, 0.4) is 0 Å². The summed E-state index contributed by atoms with van der Waals surface area (Å²) in [6.07, 6.45) is 5.51. The summed E-state index contributed by atoms with van der Waals surface area (Å²) in [4.78, 5) is 8.61. The molecule has 0 amide bonds. The average Bonchev–Trinajstić information content (AvgIpc) is 2.82. The monoisotopic (exact) mass is 272 g/mol. The Morgan fingerprint density at radius 3 is 2.89 bits per heavy atom. The molecule has 1 N–H and O–H groups in total. The Morgan fingerprint density at radius 1 is 1.21 bits per heavy atom. The normalized spacial score (nSPS) is 10.8. The van der Waals surface area contributed by atoms with E-state index in [1.165, 1.54) is 0 Å². The number of hydrogen-bond acceptors (Lipinski definition) is 3. The second-order valence-corrected chi connectivity index (χ2v) is 4.76. The zero-order valence-corrected chi connectivity index (χ0v) is 11.2. The molecule has 5 heteroatoms. The van der Waals surface area contributed by atoms with Gasteiger partial charge in [-0.25, -0.2) is 4.98 Å². The smallest absolute Gasteiger partial charge is 0.127 e. The largest absolute Gasteiger partial charge is 0.377 e. The summed E-state index contributed by atoms with van der Waals surface area (Å²) in [6, 6.07) is 7.63. The number of nitrogens with zero attached hydrogens (tertiary/aromatic N) is 3. The van der Waals surface area contributed by atoms with E-state index in [-0.39, 0.29) is 0 Å². The Balaban J connectivity index is 1.92. The Hall–Kier alpha value is -2.07. The number of anilines is 1. The van der Waals surface area contributed by atoms with Gasteiger partial charge in [0.2, 0.25) is 0 Å². The molecule has 4 nitrogen and oxygen atoms in total. The molecule has 96 valence electrons. The van der Waals surface area contributed by atoms with Crippen LogP contribution in [0.1, 0.15) is 5.82 Å². The van der Waals surface area contributed by atoms with E-state index in [4.69, 9.17) is 11.6 Å². The highest BCUT2D eigenvalue weighted by Gasteiger charge is 2.04. The number of aromatic nitrogens is 3. The standard InChI is InChI=1S/C14H13ClN4/c1-19-7-6-17-14(19)9-18-13-4-5-16-12-3-2-10(15)8-11(12)13/h2-8H,9H2,1H3,(H,16,18). The highest BCUT2D eigenvalue weighted by molar-refractivity contribution is 6.31. The van der Waals surface area contributed by atoms with Crippen LogP contribution >= 0.6 is 11.6 Å². The van der Waals surface area contributed by atoms with Crippen LogP contribution in [0.25, 0.3) is 10.9 Å². The van der Waals surface area contributed by atoms with E-state index >= 15 is 0 Å². The maximum Gasteiger partial charge on any atom is 0.127 e. The molecule has 0 bridgehead atoms. The molecule has 0 atom stereocenters. The molecule has 2 aromatic heterocycles. The fourth-order valence-electron chi connectivity index (χ4n) is 2.01. The zero-order valence-electron chi connectivity index (χ0n) is 10.5. The van der Waals surface area contributed by atoms with Crippen molar-refractivity contribution in [2.45, 2.75) is 6.54 Å². The first-order chi connectivity index (χ1) is 9.24. The van der Waals surface area contributed by atoms with Gasteiger partial charge in [-0.2, -0.15) is 0 Å². The summed E-state index contributed by atoms with van der Waals surface area (Å²) in [5.41, 5.74) is 1.93. The molecule has 0 unspecified atom stereocenters. The number of fused-ring (bicyclic) bond motifs is 1. The lowest BCUT2D eigenvalue weighted by molar-refractivity contribution is 0.813. The lowest BCUT2D eigenvalue weighted by atomic mass is 10.2. The molecule has 0 saturated carbocycles. The second kappa shape index (κ2) is 4.90. The van der Waals surface area contributed by atoms with Crippen molar-refractivity contribution < 1.29 is 0 Å². The van der Waals surface area contributed by atoms with Crippen molar-refractivity contribution in [1.29, 1.82) is 0 Å². The van der Waals surface area contributed by atoms with Gasteiger partial charge in [0, 0.05) is 41.7 Å². The van der Waals surface area contributed by atoms with Gasteiger partial charge >= 0.3 is 0 Å². The van der Waals surface area contributed by atoms with Crippen LogP contribution in [0.5, 0.6) is 0 Å². The van der Waals surface area contributed by atoms with Crippen LogP contribution in [0.4, 0.5) is 5.69 Å². The van der Waals surface area contributed by atoms with E-state index in [2.05, 4.69) is 15.3 Å². The van der Waals surface area contributed by atoms with E-state index in [0.29, 0.717) is 11.6 Å². The molecular weight excluding hydrogens is 260 g/mol. The lowest BCUT2D eigenvalue weighted by Gasteiger charge is -2.09. The summed E-state index contributed by atoms with van der Waals surface area (Å²) in [7, 11) is 1.98. The van der Waals surface area contributed by atoms with Crippen molar-refractivity contribution in [1.82, 2.24) is 14.5 Å². The number of rotatable bonds is 3. The molecule has 3 rings (SSSR count). The summed E-state index contributed by atoms with van der Waals surface area (Å²) in [6.45, 7) is 0.662. The molecule has 1 aromatic carbocycles. The van der Waals surface area contributed by atoms with Crippen LogP contribution in [-0.2, 0) is 13.6 Å². The molecule has 0 aliphatic heterocycles.